The summed E-state index contributed by atoms with van der Waals surface area (Å²) in [6.45, 7) is 8.21. The first-order valence-electron chi connectivity index (χ1n) is 5.49. The van der Waals surface area contributed by atoms with Crippen LogP contribution >= 0.6 is 11.6 Å². The van der Waals surface area contributed by atoms with Crippen LogP contribution in [0.5, 0.6) is 0 Å². The number of hydrogen-bond acceptors (Lipinski definition) is 3. The Balaban J connectivity index is 2.96. The number of hydrogen-bond donors (Lipinski definition) is 0. The van der Waals surface area contributed by atoms with E-state index in [1.807, 2.05) is 6.07 Å². The van der Waals surface area contributed by atoms with Gasteiger partial charge in [-0.3, -0.25) is 0 Å². The summed E-state index contributed by atoms with van der Waals surface area (Å²) < 4.78 is 0. The van der Waals surface area contributed by atoms with Crippen LogP contribution in [-0.2, 0) is 6.42 Å². The fourth-order valence-corrected chi connectivity index (χ4v) is 1.69. The van der Waals surface area contributed by atoms with Crippen LogP contribution in [0.2, 0.25) is 5.15 Å². The highest BCUT2D eigenvalue weighted by molar-refractivity contribution is 6.29. The molecule has 84 valence electrons. The molecular formula is C11H18ClN3. The zero-order valence-corrected chi connectivity index (χ0v) is 10.4. The largest absolute Gasteiger partial charge is 0.357 e. The van der Waals surface area contributed by atoms with Crippen molar-refractivity contribution < 1.29 is 0 Å². The predicted octanol–water partition coefficient (Wildman–Crippen LogP) is 2.93. The van der Waals surface area contributed by atoms with Gasteiger partial charge in [-0.25, -0.2) is 9.97 Å². The van der Waals surface area contributed by atoms with Crippen molar-refractivity contribution in [3.05, 3.63) is 17.0 Å². The molecular weight excluding hydrogens is 210 g/mol. The lowest BCUT2D eigenvalue weighted by atomic mass is 10.3. The van der Waals surface area contributed by atoms with Crippen molar-refractivity contribution in [2.45, 2.75) is 33.6 Å². The minimum Gasteiger partial charge on any atom is -0.357 e. The molecule has 0 aromatic carbocycles. The average Bonchev–Trinajstić information content (AvgIpc) is 2.19. The molecule has 0 spiro atoms. The molecule has 0 radical (unpaired) electrons. The van der Waals surface area contributed by atoms with Gasteiger partial charge in [0.25, 0.3) is 0 Å². The van der Waals surface area contributed by atoms with E-state index < -0.39 is 0 Å². The van der Waals surface area contributed by atoms with Crippen LogP contribution in [0.4, 0.5) is 5.82 Å². The smallest absolute Gasteiger partial charge is 0.134 e. The maximum Gasteiger partial charge on any atom is 0.134 e. The first kappa shape index (κ1) is 12.2. The monoisotopic (exact) mass is 227 g/mol. The van der Waals surface area contributed by atoms with Crippen molar-refractivity contribution in [2.75, 3.05) is 18.0 Å². The highest BCUT2D eigenvalue weighted by Crippen LogP contribution is 2.16. The summed E-state index contributed by atoms with van der Waals surface area (Å²) in [6, 6.07) is 1.83. The third-order valence-electron chi connectivity index (χ3n) is 2.29. The summed E-state index contributed by atoms with van der Waals surface area (Å²) >= 11 is 5.97. The topological polar surface area (TPSA) is 29.0 Å². The van der Waals surface area contributed by atoms with Gasteiger partial charge in [0.15, 0.2) is 0 Å². The van der Waals surface area contributed by atoms with Crippen molar-refractivity contribution in [2.24, 2.45) is 0 Å². The van der Waals surface area contributed by atoms with Crippen LogP contribution in [-0.4, -0.2) is 23.1 Å². The van der Waals surface area contributed by atoms with Gasteiger partial charge in [-0.2, -0.15) is 0 Å². The fourth-order valence-electron chi connectivity index (χ4n) is 1.50. The second-order valence-electron chi connectivity index (χ2n) is 3.39. The summed E-state index contributed by atoms with van der Waals surface area (Å²) in [5.41, 5.74) is 0. The zero-order chi connectivity index (χ0) is 11.3. The van der Waals surface area contributed by atoms with Crippen LogP contribution in [0, 0.1) is 0 Å². The molecule has 0 bridgehead atoms. The van der Waals surface area contributed by atoms with Crippen LogP contribution in [0.3, 0.4) is 0 Å². The van der Waals surface area contributed by atoms with Crippen LogP contribution < -0.4 is 4.90 Å². The molecule has 0 unspecified atom stereocenters. The molecule has 1 rings (SSSR count). The molecule has 0 fully saturated rings. The molecule has 0 amide bonds. The van der Waals surface area contributed by atoms with Crippen molar-refractivity contribution in [3.63, 3.8) is 0 Å². The van der Waals surface area contributed by atoms with E-state index in [4.69, 9.17) is 11.6 Å². The lowest BCUT2D eigenvalue weighted by Gasteiger charge is -2.20. The Morgan fingerprint density at radius 2 is 1.87 bits per heavy atom. The van der Waals surface area contributed by atoms with Crippen LogP contribution in [0.25, 0.3) is 0 Å². The van der Waals surface area contributed by atoms with Crippen LogP contribution in [0.1, 0.15) is 33.0 Å². The number of rotatable bonds is 5. The lowest BCUT2D eigenvalue weighted by molar-refractivity contribution is 0.796. The maximum atomic E-state index is 5.97. The minimum absolute atomic E-state index is 0.537. The fraction of sp³-hybridized carbons (Fsp3) is 0.636. The number of nitrogens with zero attached hydrogens (tertiary/aromatic N) is 3. The van der Waals surface area contributed by atoms with Gasteiger partial charge in [0.2, 0.25) is 0 Å². The third-order valence-corrected chi connectivity index (χ3v) is 2.48. The Morgan fingerprint density at radius 1 is 1.20 bits per heavy atom. The molecule has 0 aliphatic rings. The molecule has 1 aromatic heterocycles. The first-order valence-corrected chi connectivity index (χ1v) is 5.87. The van der Waals surface area contributed by atoms with Crippen molar-refractivity contribution in [1.29, 1.82) is 0 Å². The Bertz CT molecular complexity index is 311. The molecule has 4 heteroatoms. The SMILES string of the molecule is CCCc1nc(Cl)cc(N(CC)CC)n1. The quantitative estimate of drug-likeness (QED) is 0.725. The summed E-state index contributed by atoms with van der Waals surface area (Å²) in [5, 5.41) is 0.537. The molecule has 0 saturated heterocycles. The number of halogens is 1. The number of aromatic nitrogens is 2. The number of aryl methyl sites for hydroxylation is 1. The Hall–Kier alpha value is -0.830. The molecule has 15 heavy (non-hydrogen) atoms. The predicted molar refractivity (Wildman–Crippen MR) is 64.6 cm³/mol. The molecule has 1 heterocycles. The highest BCUT2D eigenvalue weighted by atomic mass is 35.5. The van der Waals surface area contributed by atoms with Gasteiger partial charge < -0.3 is 4.90 Å². The molecule has 0 aliphatic heterocycles. The first-order chi connectivity index (χ1) is 7.21. The van der Waals surface area contributed by atoms with Gasteiger partial charge in [-0.05, 0) is 20.3 Å². The standard InChI is InChI=1S/C11H18ClN3/c1-4-7-10-13-9(12)8-11(14-10)15(5-2)6-3/h8H,4-7H2,1-3H3. The Labute approximate surface area is 96.5 Å². The van der Waals surface area contributed by atoms with E-state index in [-0.39, 0.29) is 0 Å². The normalized spacial score (nSPS) is 10.4. The summed E-state index contributed by atoms with van der Waals surface area (Å²) in [7, 11) is 0. The molecule has 0 atom stereocenters. The van der Waals surface area contributed by atoms with Gasteiger partial charge in [-0.1, -0.05) is 18.5 Å². The van der Waals surface area contributed by atoms with E-state index in [1.165, 1.54) is 0 Å². The van der Waals surface area contributed by atoms with Crippen molar-refractivity contribution in [3.8, 4) is 0 Å². The van der Waals surface area contributed by atoms with Crippen LogP contribution in [0.15, 0.2) is 6.07 Å². The molecule has 0 saturated carbocycles. The summed E-state index contributed by atoms with van der Waals surface area (Å²) in [5.74, 6) is 1.77. The van der Waals surface area contributed by atoms with Gasteiger partial charge >= 0.3 is 0 Å². The molecule has 0 N–H and O–H groups in total. The second-order valence-corrected chi connectivity index (χ2v) is 3.77. The molecule has 1 aromatic rings. The van der Waals surface area contributed by atoms with E-state index in [2.05, 4.69) is 35.6 Å². The summed E-state index contributed by atoms with van der Waals surface area (Å²) in [4.78, 5) is 10.9. The van der Waals surface area contributed by atoms with Crippen molar-refractivity contribution >= 4 is 17.4 Å². The van der Waals surface area contributed by atoms with Gasteiger partial charge in [0, 0.05) is 25.6 Å². The van der Waals surface area contributed by atoms with E-state index in [0.717, 1.165) is 37.6 Å². The van der Waals surface area contributed by atoms with Gasteiger partial charge in [0.1, 0.15) is 16.8 Å². The summed E-state index contributed by atoms with van der Waals surface area (Å²) in [6.07, 6.45) is 1.92. The maximum absolute atomic E-state index is 5.97. The van der Waals surface area contributed by atoms with E-state index in [9.17, 15) is 0 Å². The number of anilines is 1. The molecule has 3 nitrogen and oxygen atoms in total. The second kappa shape index (κ2) is 5.91. The lowest BCUT2D eigenvalue weighted by Crippen LogP contribution is -2.23. The van der Waals surface area contributed by atoms with E-state index >= 15 is 0 Å². The Kier molecular flexibility index (Phi) is 4.82. The average molecular weight is 228 g/mol. The van der Waals surface area contributed by atoms with Gasteiger partial charge in [0.05, 0.1) is 0 Å². The third kappa shape index (κ3) is 3.34. The van der Waals surface area contributed by atoms with Gasteiger partial charge in [-0.15, -0.1) is 0 Å². The van der Waals surface area contributed by atoms with E-state index in [1.54, 1.807) is 0 Å². The highest BCUT2D eigenvalue weighted by Gasteiger charge is 2.07. The minimum atomic E-state index is 0.537. The van der Waals surface area contributed by atoms with Crippen molar-refractivity contribution in [1.82, 2.24) is 9.97 Å². The zero-order valence-electron chi connectivity index (χ0n) is 9.63. The van der Waals surface area contributed by atoms with E-state index in [0.29, 0.717) is 5.15 Å². The Morgan fingerprint density at radius 3 is 2.40 bits per heavy atom. The molecule has 0 aliphatic carbocycles.